The number of carboxylic acids is 1. The summed E-state index contributed by atoms with van der Waals surface area (Å²) in [4.78, 5) is 44.1. The molecule has 0 aliphatic heterocycles. The lowest BCUT2D eigenvalue weighted by Gasteiger charge is -2.17. The lowest BCUT2D eigenvalue weighted by molar-refractivity contribution is -0.150. The summed E-state index contributed by atoms with van der Waals surface area (Å²) in [6, 6.07) is -1.50. The van der Waals surface area contributed by atoms with Gasteiger partial charge in [0, 0.05) is 13.5 Å². The van der Waals surface area contributed by atoms with Crippen molar-refractivity contribution in [1.29, 1.82) is 0 Å². The van der Waals surface area contributed by atoms with E-state index in [1.54, 1.807) is 14.1 Å². The maximum Gasteiger partial charge on any atom is 0.373 e. The van der Waals surface area contributed by atoms with Gasteiger partial charge in [0.2, 0.25) is 5.91 Å². The van der Waals surface area contributed by atoms with E-state index < -0.39 is 23.8 Å². The molecule has 0 aromatic rings. The molecule has 0 unspecified atom stereocenters. The second kappa shape index (κ2) is 20.8. The summed E-state index contributed by atoms with van der Waals surface area (Å²) in [7, 11) is 6.34. The highest BCUT2D eigenvalue weighted by Gasteiger charge is 2.23. The molecule has 0 aliphatic carbocycles. The van der Waals surface area contributed by atoms with Crippen molar-refractivity contribution in [2.75, 3.05) is 34.8 Å². The fraction of sp³-hybridized carbons (Fsp3) is 0.810. The minimum Gasteiger partial charge on any atom is -0.475 e. The Morgan fingerprint density at radius 1 is 0.875 bits per heavy atom. The predicted octanol–water partition coefficient (Wildman–Crippen LogP) is -0.524. The van der Waals surface area contributed by atoms with E-state index in [1.165, 1.54) is 14.1 Å². The summed E-state index contributed by atoms with van der Waals surface area (Å²) < 4.78 is 5.10. The van der Waals surface area contributed by atoms with Gasteiger partial charge in [-0.15, -0.1) is 0 Å². The Morgan fingerprint density at radius 3 is 1.66 bits per heavy atom. The van der Waals surface area contributed by atoms with E-state index in [-0.39, 0.29) is 24.5 Å². The van der Waals surface area contributed by atoms with E-state index in [1.807, 2.05) is 27.7 Å². The largest absolute Gasteiger partial charge is 0.475 e. The van der Waals surface area contributed by atoms with Crippen LogP contribution in [0.4, 0.5) is 0 Å². The number of Topliss-reactive ketones (excluding diaryl/α,β-unsaturated/α-hetero) is 1. The number of ketones is 1. The molecule has 0 rings (SSSR count). The molecular weight excluding hydrogens is 418 g/mol. The number of carboxylic acid groups (broad SMARTS) is 1. The highest BCUT2D eigenvalue weighted by molar-refractivity contribution is 6.34. The van der Waals surface area contributed by atoms with Crippen LogP contribution >= 0.6 is 0 Å². The van der Waals surface area contributed by atoms with Gasteiger partial charge in [-0.1, -0.05) is 27.7 Å². The van der Waals surface area contributed by atoms with Gasteiger partial charge >= 0.3 is 11.9 Å². The van der Waals surface area contributed by atoms with Crippen molar-refractivity contribution >= 4 is 23.6 Å². The van der Waals surface area contributed by atoms with Gasteiger partial charge < -0.3 is 37.3 Å². The number of rotatable bonds is 13. The number of carbonyl (C=O) groups is 4. The normalized spacial score (nSPS) is 13.0. The van der Waals surface area contributed by atoms with Crippen molar-refractivity contribution in [2.24, 2.45) is 23.3 Å². The third-order valence-corrected chi connectivity index (χ3v) is 4.18. The molecule has 3 atom stereocenters. The second-order valence-electron chi connectivity index (χ2n) is 7.79. The van der Waals surface area contributed by atoms with Gasteiger partial charge in [0.15, 0.2) is 0 Å². The minimum atomic E-state index is -1.37. The number of ether oxygens (including phenoxy) is 1. The van der Waals surface area contributed by atoms with Crippen molar-refractivity contribution < 1.29 is 29.0 Å². The quantitative estimate of drug-likeness (QED) is 0.153. The molecule has 190 valence electrons. The zero-order chi connectivity index (χ0) is 25.9. The van der Waals surface area contributed by atoms with Crippen molar-refractivity contribution in [1.82, 2.24) is 16.0 Å². The Morgan fingerprint density at radius 2 is 1.31 bits per heavy atom. The lowest BCUT2D eigenvalue weighted by Crippen LogP contribution is -2.41. The number of amides is 1. The number of likely N-dealkylation sites (N-methyl/N-ethyl adjacent to an activating group) is 3. The molecule has 11 nitrogen and oxygen atoms in total. The third kappa shape index (κ3) is 17.6. The molecule has 8 N–H and O–H groups in total. The molecule has 1 amide bonds. The van der Waals surface area contributed by atoms with Gasteiger partial charge in [-0.3, -0.25) is 14.4 Å². The Bertz CT molecular complexity index is 543. The van der Waals surface area contributed by atoms with Crippen LogP contribution < -0.4 is 27.4 Å². The van der Waals surface area contributed by atoms with Crippen LogP contribution in [0.3, 0.4) is 0 Å². The zero-order valence-corrected chi connectivity index (χ0v) is 20.9. The molecule has 0 radical (unpaired) electrons. The van der Waals surface area contributed by atoms with Gasteiger partial charge in [-0.05, 0) is 45.8 Å². The molecule has 0 fully saturated rings. The molecule has 0 saturated heterocycles. The average Bonchev–Trinajstić information content (AvgIpc) is 2.75. The highest BCUT2D eigenvalue weighted by Crippen LogP contribution is 2.06. The average molecular weight is 464 g/mol. The second-order valence-corrected chi connectivity index (χ2v) is 7.79. The van der Waals surface area contributed by atoms with E-state index in [0.717, 1.165) is 6.42 Å². The van der Waals surface area contributed by atoms with Crippen LogP contribution in [0.15, 0.2) is 0 Å². The molecule has 0 saturated carbocycles. The first-order chi connectivity index (χ1) is 14.9. The van der Waals surface area contributed by atoms with Gasteiger partial charge in [0.25, 0.3) is 5.78 Å². The first kappa shape index (κ1) is 34.5. The van der Waals surface area contributed by atoms with Crippen LogP contribution in [0.1, 0.15) is 47.0 Å². The summed E-state index contributed by atoms with van der Waals surface area (Å²) in [6.07, 6.45) is 1.60. The van der Waals surface area contributed by atoms with E-state index >= 15 is 0 Å². The van der Waals surface area contributed by atoms with Gasteiger partial charge in [-0.2, -0.15) is 0 Å². The molecule has 0 spiro atoms. The number of esters is 1. The summed E-state index contributed by atoms with van der Waals surface area (Å²) in [6.45, 7) is 8.13. The van der Waals surface area contributed by atoms with Crippen molar-refractivity contribution in [3.63, 3.8) is 0 Å². The topological polar surface area (TPSA) is 186 Å². The molecule has 11 heteroatoms. The van der Waals surface area contributed by atoms with Crippen LogP contribution in [0, 0.1) is 11.8 Å². The molecule has 0 aromatic carbocycles. The van der Waals surface area contributed by atoms with E-state index in [2.05, 4.69) is 21.7 Å². The Kier molecular flexibility index (Phi) is 22.4. The monoisotopic (exact) mass is 463 g/mol. The van der Waals surface area contributed by atoms with Gasteiger partial charge in [-0.25, -0.2) is 4.79 Å². The third-order valence-electron chi connectivity index (χ3n) is 4.18. The first-order valence-corrected chi connectivity index (χ1v) is 10.7. The van der Waals surface area contributed by atoms with Crippen LogP contribution in [-0.2, 0) is 23.9 Å². The fourth-order valence-electron chi connectivity index (χ4n) is 2.48. The molecule has 0 aliphatic rings. The number of hydrogen-bond acceptors (Lipinski definition) is 9. The van der Waals surface area contributed by atoms with Crippen molar-refractivity contribution in [2.45, 2.75) is 65.1 Å². The van der Waals surface area contributed by atoms with Crippen LogP contribution in [0.2, 0.25) is 0 Å². The Labute approximate surface area is 192 Å². The van der Waals surface area contributed by atoms with Crippen LogP contribution in [0.25, 0.3) is 0 Å². The highest BCUT2D eigenvalue weighted by atomic mass is 16.5. The lowest BCUT2D eigenvalue weighted by atomic mass is 10.0. The molecule has 0 heterocycles. The SMILES string of the molecule is CN.CNC(=O)[C@@H](N)CCOC(=O)[C@H](CC(C)C)NC.CN[C@@H](CC(C)C)C(=O)C(=O)O. The number of hydrogen-bond donors (Lipinski definition) is 6. The number of nitrogens with one attached hydrogen (secondary N) is 3. The Hall–Kier alpha value is -2.08. The predicted molar refractivity (Wildman–Crippen MR) is 125 cm³/mol. The molecule has 32 heavy (non-hydrogen) atoms. The molecule has 0 bridgehead atoms. The van der Waals surface area contributed by atoms with Crippen LogP contribution in [0.5, 0.6) is 0 Å². The maximum atomic E-state index is 11.7. The zero-order valence-electron chi connectivity index (χ0n) is 20.9. The number of carbonyl (C=O) groups excluding carboxylic acids is 3. The van der Waals surface area contributed by atoms with Crippen molar-refractivity contribution in [3.05, 3.63) is 0 Å². The van der Waals surface area contributed by atoms with Crippen LogP contribution in [-0.4, -0.2) is 81.7 Å². The van der Waals surface area contributed by atoms with E-state index in [0.29, 0.717) is 24.7 Å². The molecule has 0 aromatic heterocycles. The standard InChI is InChI=1S/C12H25N3O3.C8H15NO3.CH5N/c1-8(2)7-10(14-3)12(17)18-6-5-9(13)11(16)15-4;1-5(2)4-6(9-3)7(10)8(11)12;1-2/h8-10,14H,5-7,13H2,1-4H3,(H,15,16);5-6,9H,4H2,1-3H3,(H,11,12);2H2,1H3/t9-,10-;6-;/m00./s1. The summed E-state index contributed by atoms with van der Waals surface area (Å²) >= 11 is 0. The van der Waals surface area contributed by atoms with Crippen molar-refractivity contribution in [3.8, 4) is 0 Å². The summed E-state index contributed by atoms with van der Waals surface area (Å²) in [5, 5.41) is 16.5. The van der Waals surface area contributed by atoms with Gasteiger partial charge in [0.05, 0.1) is 18.7 Å². The summed E-state index contributed by atoms with van der Waals surface area (Å²) in [5.74, 6) is -1.95. The fourth-order valence-corrected chi connectivity index (χ4v) is 2.48. The summed E-state index contributed by atoms with van der Waals surface area (Å²) in [5.41, 5.74) is 10.1. The smallest absolute Gasteiger partial charge is 0.373 e. The number of nitrogens with two attached hydrogens (primary N) is 2. The number of aliphatic carboxylic acids is 1. The van der Waals surface area contributed by atoms with E-state index in [4.69, 9.17) is 15.6 Å². The minimum absolute atomic E-state index is 0.156. The van der Waals surface area contributed by atoms with Gasteiger partial charge in [0.1, 0.15) is 6.04 Å². The first-order valence-electron chi connectivity index (χ1n) is 10.7. The maximum absolute atomic E-state index is 11.7. The van der Waals surface area contributed by atoms with E-state index in [9.17, 15) is 19.2 Å². The Balaban J connectivity index is -0.000000521. The molecular formula is C21H45N5O6.